The molecule has 1 rings (SSSR count). The number of aliphatic imine (C=N–C) groups is 1. The molecular formula is C12H15N3. The Morgan fingerprint density at radius 1 is 1.53 bits per heavy atom. The summed E-state index contributed by atoms with van der Waals surface area (Å²) in [6.45, 7) is 5.78. The van der Waals surface area contributed by atoms with Gasteiger partial charge < -0.3 is 5.32 Å². The second kappa shape index (κ2) is 5.75. The molecule has 1 heterocycles. The van der Waals surface area contributed by atoms with Gasteiger partial charge >= 0.3 is 0 Å². The first-order valence-electron chi connectivity index (χ1n) is 4.72. The minimum atomic E-state index is 0.701. The van der Waals surface area contributed by atoms with Crippen molar-refractivity contribution in [3.8, 4) is 0 Å². The van der Waals surface area contributed by atoms with Crippen LogP contribution in [0.5, 0.6) is 0 Å². The van der Waals surface area contributed by atoms with Crippen molar-refractivity contribution in [1.29, 1.82) is 0 Å². The second-order valence-electron chi connectivity index (χ2n) is 3.08. The van der Waals surface area contributed by atoms with E-state index in [1.165, 1.54) is 0 Å². The fraction of sp³-hybridized carbons (Fsp3) is 0.167. The molecule has 0 aromatic carbocycles. The van der Waals surface area contributed by atoms with E-state index >= 15 is 0 Å². The molecule has 78 valence electrons. The maximum atomic E-state index is 4.18. The zero-order chi connectivity index (χ0) is 11.1. The molecule has 0 aliphatic carbocycles. The molecule has 0 bridgehead atoms. The number of nitrogens with zero attached hydrogens (tertiary/aromatic N) is 2. The van der Waals surface area contributed by atoms with Crippen molar-refractivity contribution in [2.75, 3.05) is 7.05 Å². The van der Waals surface area contributed by atoms with E-state index in [2.05, 4.69) is 21.9 Å². The summed E-state index contributed by atoms with van der Waals surface area (Å²) < 4.78 is 0. The molecule has 1 N–H and O–H groups in total. The highest BCUT2D eigenvalue weighted by molar-refractivity contribution is 5.77. The van der Waals surface area contributed by atoms with Crippen LogP contribution in [0.1, 0.15) is 12.6 Å². The number of rotatable bonds is 4. The van der Waals surface area contributed by atoms with Crippen LogP contribution in [-0.2, 0) is 0 Å². The third-order valence-corrected chi connectivity index (χ3v) is 1.83. The first-order valence-corrected chi connectivity index (χ1v) is 4.72. The first-order chi connectivity index (χ1) is 7.22. The standard InChI is InChI=1S/C12H15N3/c1-10(13-3)8-11(2)15-9-12-6-4-5-7-14-12/h4-9,13H,2H2,1,3H3/b10-8+,15-9?. The van der Waals surface area contributed by atoms with Crippen molar-refractivity contribution in [3.05, 3.63) is 54.1 Å². The van der Waals surface area contributed by atoms with Crippen LogP contribution < -0.4 is 5.32 Å². The second-order valence-corrected chi connectivity index (χ2v) is 3.08. The van der Waals surface area contributed by atoms with Crippen molar-refractivity contribution in [1.82, 2.24) is 10.3 Å². The number of allylic oxidation sites excluding steroid dienone is 2. The molecule has 0 atom stereocenters. The average Bonchev–Trinajstić information content (AvgIpc) is 2.27. The number of aromatic nitrogens is 1. The Kier molecular flexibility index (Phi) is 4.29. The zero-order valence-electron chi connectivity index (χ0n) is 9.07. The summed E-state index contributed by atoms with van der Waals surface area (Å²) in [4.78, 5) is 8.31. The van der Waals surface area contributed by atoms with Crippen molar-refractivity contribution in [2.24, 2.45) is 4.99 Å². The largest absolute Gasteiger partial charge is 0.392 e. The lowest BCUT2D eigenvalue weighted by atomic mass is 10.3. The molecule has 1 aromatic heterocycles. The molecule has 3 nitrogen and oxygen atoms in total. The summed E-state index contributed by atoms with van der Waals surface area (Å²) >= 11 is 0. The fourth-order valence-electron chi connectivity index (χ4n) is 0.961. The Morgan fingerprint density at radius 3 is 2.93 bits per heavy atom. The van der Waals surface area contributed by atoms with Gasteiger partial charge in [0.2, 0.25) is 0 Å². The van der Waals surface area contributed by atoms with Crippen molar-refractivity contribution in [2.45, 2.75) is 6.92 Å². The lowest BCUT2D eigenvalue weighted by Crippen LogP contribution is -2.01. The summed E-state index contributed by atoms with van der Waals surface area (Å²) in [5, 5.41) is 3.00. The smallest absolute Gasteiger partial charge is 0.0812 e. The Bertz CT molecular complexity index is 377. The topological polar surface area (TPSA) is 37.3 Å². The molecule has 0 amide bonds. The Hall–Kier alpha value is -1.90. The summed E-state index contributed by atoms with van der Waals surface area (Å²) in [5.41, 5.74) is 2.56. The predicted molar refractivity (Wildman–Crippen MR) is 63.8 cm³/mol. The van der Waals surface area contributed by atoms with Crippen LogP contribution in [0.15, 0.2) is 53.4 Å². The van der Waals surface area contributed by atoms with Gasteiger partial charge in [0.15, 0.2) is 0 Å². The maximum Gasteiger partial charge on any atom is 0.0812 e. The molecule has 0 radical (unpaired) electrons. The highest BCUT2D eigenvalue weighted by Gasteiger charge is 1.88. The lowest BCUT2D eigenvalue weighted by Gasteiger charge is -1.97. The van der Waals surface area contributed by atoms with Gasteiger partial charge in [-0.05, 0) is 25.1 Å². The van der Waals surface area contributed by atoms with Crippen LogP contribution >= 0.6 is 0 Å². The fourth-order valence-corrected chi connectivity index (χ4v) is 0.961. The van der Waals surface area contributed by atoms with E-state index in [9.17, 15) is 0 Å². The maximum absolute atomic E-state index is 4.18. The number of pyridine rings is 1. The van der Waals surface area contributed by atoms with Gasteiger partial charge in [0, 0.05) is 18.9 Å². The summed E-state index contributed by atoms with van der Waals surface area (Å²) in [7, 11) is 1.86. The summed E-state index contributed by atoms with van der Waals surface area (Å²) in [6.07, 6.45) is 5.31. The normalized spacial score (nSPS) is 11.7. The van der Waals surface area contributed by atoms with E-state index in [1.54, 1.807) is 12.4 Å². The number of hydrogen-bond donors (Lipinski definition) is 1. The number of hydrogen-bond acceptors (Lipinski definition) is 3. The third kappa shape index (κ3) is 4.22. The molecule has 0 spiro atoms. The molecule has 0 fully saturated rings. The van der Waals surface area contributed by atoms with E-state index in [-0.39, 0.29) is 0 Å². The van der Waals surface area contributed by atoms with Crippen LogP contribution in [0.2, 0.25) is 0 Å². The molecule has 0 aliphatic heterocycles. The van der Waals surface area contributed by atoms with Crippen molar-refractivity contribution in [3.63, 3.8) is 0 Å². The molecule has 0 unspecified atom stereocenters. The van der Waals surface area contributed by atoms with Crippen LogP contribution in [0.25, 0.3) is 0 Å². The zero-order valence-corrected chi connectivity index (χ0v) is 9.07. The van der Waals surface area contributed by atoms with E-state index < -0.39 is 0 Å². The Morgan fingerprint density at radius 2 is 2.33 bits per heavy atom. The quantitative estimate of drug-likeness (QED) is 0.598. The van der Waals surface area contributed by atoms with Gasteiger partial charge in [-0.25, -0.2) is 0 Å². The van der Waals surface area contributed by atoms with Gasteiger partial charge in [-0.15, -0.1) is 0 Å². The predicted octanol–water partition coefficient (Wildman–Crippen LogP) is 2.14. The van der Waals surface area contributed by atoms with Gasteiger partial charge in [-0.3, -0.25) is 9.98 Å². The van der Waals surface area contributed by atoms with E-state index in [0.717, 1.165) is 11.4 Å². The molecule has 3 heteroatoms. The van der Waals surface area contributed by atoms with Gasteiger partial charge in [0.05, 0.1) is 17.6 Å². The van der Waals surface area contributed by atoms with Crippen LogP contribution in [-0.4, -0.2) is 18.2 Å². The van der Waals surface area contributed by atoms with Gasteiger partial charge in [-0.2, -0.15) is 0 Å². The molecule has 15 heavy (non-hydrogen) atoms. The summed E-state index contributed by atoms with van der Waals surface area (Å²) in [5.74, 6) is 0. The lowest BCUT2D eigenvalue weighted by molar-refractivity contribution is 0.985. The van der Waals surface area contributed by atoms with E-state index in [4.69, 9.17) is 0 Å². The molecular weight excluding hydrogens is 186 g/mol. The van der Waals surface area contributed by atoms with Crippen LogP contribution in [0.4, 0.5) is 0 Å². The average molecular weight is 201 g/mol. The highest BCUT2D eigenvalue weighted by Crippen LogP contribution is 1.99. The van der Waals surface area contributed by atoms with Gasteiger partial charge in [0.1, 0.15) is 0 Å². The minimum Gasteiger partial charge on any atom is -0.392 e. The van der Waals surface area contributed by atoms with Gasteiger partial charge in [-0.1, -0.05) is 12.6 Å². The van der Waals surface area contributed by atoms with Crippen molar-refractivity contribution >= 4 is 6.21 Å². The highest BCUT2D eigenvalue weighted by atomic mass is 14.8. The SMILES string of the molecule is C=C(/C=C(\C)NC)N=Cc1ccccn1. The third-order valence-electron chi connectivity index (χ3n) is 1.83. The van der Waals surface area contributed by atoms with Crippen LogP contribution in [0, 0.1) is 0 Å². The molecule has 0 saturated heterocycles. The van der Waals surface area contributed by atoms with Gasteiger partial charge in [0.25, 0.3) is 0 Å². The number of nitrogens with one attached hydrogen (secondary N) is 1. The minimum absolute atomic E-state index is 0.701. The Labute approximate surface area is 90.3 Å². The molecule has 0 saturated carbocycles. The molecule has 1 aromatic rings. The summed E-state index contributed by atoms with van der Waals surface area (Å²) in [6, 6.07) is 5.69. The monoisotopic (exact) mass is 201 g/mol. The van der Waals surface area contributed by atoms with Crippen LogP contribution in [0.3, 0.4) is 0 Å². The van der Waals surface area contributed by atoms with E-state index in [0.29, 0.717) is 5.70 Å². The van der Waals surface area contributed by atoms with E-state index in [1.807, 2.05) is 38.2 Å². The Balaban J connectivity index is 2.63. The first kappa shape index (κ1) is 11.2. The van der Waals surface area contributed by atoms with Crippen molar-refractivity contribution < 1.29 is 0 Å². The molecule has 0 aliphatic rings.